The Morgan fingerprint density at radius 2 is 1.96 bits per heavy atom. The van der Waals surface area contributed by atoms with Crippen molar-refractivity contribution in [1.82, 2.24) is 15.2 Å². The first-order chi connectivity index (χ1) is 13.4. The molecule has 1 fully saturated rings. The van der Waals surface area contributed by atoms with E-state index in [1.807, 2.05) is 41.8 Å². The van der Waals surface area contributed by atoms with E-state index < -0.39 is 11.6 Å². The number of nitrogens with one attached hydrogen (secondary N) is 1. The molecular formula is C21H21N3O3S. The van der Waals surface area contributed by atoms with E-state index in [0.29, 0.717) is 17.5 Å². The molecule has 0 unspecified atom stereocenters. The molecule has 1 aliphatic rings. The van der Waals surface area contributed by atoms with Crippen molar-refractivity contribution in [1.29, 1.82) is 0 Å². The highest BCUT2D eigenvalue weighted by atomic mass is 32.1. The largest absolute Gasteiger partial charge is 0.443 e. The van der Waals surface area contributed by atoms with E-state index in [2.05, 4.69) is 24.1 Å². The lowest BCUT2D eigenvalue weighted by atomic mass is 9.90. The molecule has 0 bridgehead atoms. The van der Waals surface area contributed by atoms with Gasteiger partial charge in [0.1, 0.15) is 11.8 Å². The fraction of sp³-hybridized carbons (Fsp3) is 0.286. The number of amides is 3. The van der Waals surface area contributed by atoms with Gasteiger partial charge < -0.3 is 9.73 Å². The fourth-order valence-electron chi connectivity index (χ4n) is 3.29. The summed E-state index contributed by atoms with van der Waals surface area (Å²) in [5.41, 5.74) is 1.39. The normalized spacial score (nSPS) is 19.5. The third kappa shape index (κ3) is 3.11. The van der Waals surface area contributed by atoms with E-state index in [1.54, 1.807) is 6.92 Å². The molecule has 0 saturated carbocycles. The molecule has 0 spiro atoms. The van der Waals surface area contributed by atoms with Crippen LogP contribution in [0.2, 0.25) is 0 Å². The number of hydrogen-bond donors (Lipinski definition) is 1. The van der Waals surface area contributed by atoms with Crippen molar-refractivity contribution in [3.05, 3.63) is 64.9 Å². The summed E-state index contributed by atoms with van der Waals surface area (Å²) in [5, 5.41) is 4.77. The van der Waals surface area contributed by atoms with Crippen LogP contribution in [-0.2, 0) is 16.9 Å². The van der Waals surface area contributed by atoms with Gasteiger partial charge in [-0.25, -0.2) is 9.78 Å². The Balaban J connectivity index is 1.55. The Kier molecular flexibility index (Phi) is 4.55. The number of benzene rings is 1. The molecule has 1 saturated heterocycles. The van der Waals surface area contributed by atoms with Gasteiger partial charge in [-0.05, 0) is 35.4 Å². The molecule has 3 aromatic rings. The predicted molar refractivity (Wildman–Crippen MR) is 107 cm³/mol. The van der Waals surface area contributed by atoms with Gasteiger partial charge in [0.05, 0.1) is 17.1 Å². The minimum atomic E-state index is -1.09. The number of thiophene rings is 1. The third-order valence-corrected chi connectivity index (χ3v) is 5.89. The lowest BCUT2D eigenvalue weighted by Gasteiger charge is -2.22. The number of nitrogens with zero attached hydrogens (tertiary/aromatic N) is 2. The van der Waals surface area contributed by atoms with Crippen LogP contribution in [0.1, 0.15) is 43.5 Å². The quantitative estimate of drug-likeness (QED) is 0.646. The molecule has 3 amide bonds. The van der Waals surface area contributed by atoms with Gasteiger partial charge in [-0.3, -0.25) is 9.69 Å². The average Bonchev–Trinajstić information content (AvgIpc) is 3.40. The molecule has 1 aliphatic heterocycles. The summed E-state index contributed by atoms with van der Waals surface area (Å²) in [5.74, 6) is 0.594. The lowest BCUT2D eigenvalue weighted by molar-refractivity contribution is -0.131. The molecule has 0 radical (unpaired) electrons. The predicted octanol–water partition coefficient (Wildman–Crippen LogP) is 4.49. The summed E-state index contributed by atoms with van der Waals surface area (Å²) in [4.78, 5) is 32.1. The first-order valence-electron chi connectivity index (χ1n) is 9.11. The van der Waals surface area contributed by atoms with Crippen molar-refractivity contribution in [2.75, 3.05) is 0 Å². The zero-order valence-electron chi connectivity index (χ0n) is 15.9. The second kappa shape index (κ2) is 6.91. The topological polar surface area (TPSA) is 75.4 Å². The summed E-state index contributed by atoms with van der Waals surface area (Å²) >= 11 is 1.52. The van der Waals surface area contributed by atoms with Gasteiger partial charge in [-0.1, -0.05) is 44.2 Å². The molecule has 28 heavy (non-hydrogen) atoms. The van der Waals surface area contributed by atoms with Crippen LogP contribution in [0.15, 0.2) is 52.5 Å². The smallest absolute Gasteiger partial charge is 0.325 e. The molecule has 4 rings (SSSR count). The molecule has 1 N–H and O–H groups in total. The van der Waals surface area contributed by atoms with Crippen molar-refractivity contribution in [2.24, 2.45) is 0 Å². The number of oxazole rings is 1. The van der Waals surface area contributed by atoms with Crippen LogP contribution in [0.4, 0.5) is 4.79 Å². The van der Waals surface area contributed by atoms with E-state index in [1.165, 1.54) is 28.1 Å². The highest BCUT2D eigenvalue weighted by Crippen LogP contribution is 2.31. The Bertz CT molecular complexity index is 1010. The summed E-state index contributed by atoms with van der Waals surface area (Å²) in [6.07, 6.45) is 1.49. The van der Waals surface area contributed by atoms with E-state index >= 15 is 0 Å². The van der Waals surface area contributed by atoms with Crippen molar-refractivity contribution in [2.45, 2.75) is 38.8 Å². The zero-order valence-corrected chi connectivity index (χ0v) is 16.7. The third-order valence-electron chi connectivity index (χ3n) is 5.03. The number of hydrogen-bond acceptors (Lipinski definition) is 5. The van der Waals surface area contributed by atoms with Crippen LogP contribution < -0.4 is 5.32 Å². The summed E-state index contributed by atoms with van der Waals surface area (Å²) < 4.78 is 5.49. The van der Waals surface area contributed by atoms with E-state index in [4.69, 9.17) is 4.42 Å². The number of rotatable bonds is 5. The maximum Gasteiger partial charge on any atom is 0.325 e. The lowest BCUT2D eigenvalue weighted by Crippen LogP contribution is -2.40. The first kappa shape index (κ1) is 18.4. The maximum atomic E-state index is 13.1. The van der Waals surface area contributed by atoms with Crippen molar-refractivity contribution in [3.8, 4) is 10.8 Å². The Labute approximate surface area is 167 Å². The SMILES string of the molecule is CC(C)c1ccc([C@@]2(C)NC(=O)N(Cc3coc(-c4cccs4)n3)C2=O)cc1. The fourth-order valence-corrected chi connectivity index (χ4v) is 3.95. The highest BCUT2D eigenvalue weighted by molar-refractivity contribution is 7.13. The van der Waals surface area contributed by atoms with Gasteiger partial charge in [0.25, 0.3) is 5.91 Å². The minimum Gasteiger partial charge on any atom is -0.443 e. The zero-order chi connectivity index (χ0) is 19.9. The van der Waals surface area contributed by atoms with Crippen LogP contribution in [0.5, 0.6) is 0 Å². The maximum absolute atomic E-state index is 13.1. The van der Waals surface area contributed by atoms with Gasteiger partial charge in [0.15, 0.2) is 0 Å². The molecule has 7 heteroatoms. The van der Waals surface area contributed by atoms with Crippen molar-refractivity contribution >= 4 is 23.3 Å². The average molecular weight is 395 g/mol. The van der Waals surface area contributed by atoms with Gasteiger partial charge in [-0.15, -0.1) is 11.3 Å². The van der Waals surface area contributed by atoms with E-state index in [-0.39, 0.29) is 12.5 Å². The number of carbonyl (C=O) groups is 2. The summed E-state index contributed by atoms with van der Waals surface area (Å²) in [7, 11) is 0. The summed E-state index contributed by atoms with van der Waals surface area (Å²) in [6, 6.07) is 11.2. The number of urea groups is 1. The van der Waals surface area contributed by atoms with Crippen molar-refractivity contribution < 1.29 is 14.0 Å². The molecule has 3 heterocycles. The molecule has 0 aliphatic carbocycles. The monoisotopic (exact) mass is 395 g/mol. The Hall–Kier alpha value is -2.93. The van der Waals surface area contributed by atoms with E-state index in [9.17, 15) is 9.59 Å². The molecular weight excluding hydrogens is 374 g/mol. The van der Waals surface area contributed by atoms with Gasteiger partial charge in [-0.2, -0.15) is 0 Å². The van der Waals surface area contributed by atoms with Crippen LogP contribution >= 0.6 is 11.3 Å². The second-order valence-electron chi connectivity index (χ2n) is 7.34. The van der Waals surface area contributed by atoms with Crippen molar-refractivity contribution in [3.63, 3.8) is 0 Å². The Morgan fingerprint density at radius 1 is 1.21 bits per heavy atom. The molecule has 1 atom stereocenters. The number of imide groups is 1. The standard InChI is InChI=1S/C21H21N3O3S/c1-13(2)14-6-8-15(9-7-14)21(3)19(25)24(20(26)23-21)11-16-12-27-18(22-16)17-5-4-10-28-17/h4-10,12-13H,11H2,1-3H3,(H,23,26)/t21-/m1/s1. The molecule has 1 aromatic carbocycles. The molecule has 6 nitrogen and oxygen atoms in total. The molecule has 2 aromatic heterocycles. The number of carbonyl (C=O) groups excluding carboxylic acids is 2. The van der Waals surface area contributed by atoms with Crippen LogP contribution in [0.3, 0.4) is 0 Å². The van der Waals surface area contributed by atoms with Crippen LogP contribution in [-0.4, -0.2) is 21.8 Å². The molecule has 144 valence electrons. The number of aromatic nitrogens is 1. The Morgan fingerprint density at radius 3 is 2.61 bits per heavy atom. The summed E-state index contributed by atoms with van der Waals surface area (Å²) in [6.45, 7) is 6.03. The van der Waals surface area contributed by atoms with Crippen LogP contribution in [0, 0.1) is 0 Å². The van der Waals surface area contributed by atoms with Crippen LogP contribution in [0.25, 0.3) is 10.8 Å². The first-order valence-corrected chi connectivity index (χ1v) is 9.99. The van der Waals surface area contributed by atoms with Gasteiger partial charge in [0.2, 0.25) is 5.89 Å². The highest BCUT2D eigenvalue weighted by Gasteiger charge is 2.49. The minimum absolute atomic E-state index is 0.0687. The second-order valence-corrected chi connectivity index (χ2v) is 8.29. The van der Waals surface area contributed by atoms with E-state index in [0.717, 1.165) is 10.4 Å². The van der Waals surface area contributed by atoms with Gasteiger partial charge in [0, 0.05) is 0 Å². The van der Waals surface area contributed by atoms with Gasteiger partial charge >= 0.3 is 6.03 Å².